The molecule has 28 heavy (non-hydrogen) atoms. The number of non-ortho nitro benzene ring substituents is 1. The number of Topliss-reactive ketones (excluding diaryl/α,β-unsaturated/α-hetero) is 2. The van der Waals surface area contributed by atoms with Crippen LogP contribution in [-0.4, -0.2) is 27.4 Å². The van der Waals surface area contributed by atoms with E-state index in [9.17, 15) is 19.7 Å². The minimum Gasteiger partial charge on any atom is -0.345 e. The Morgan fingerprint density at radius 1 is 0.857 bits per heavy atom. The number of nitro groups is 1. The predicted molar refractivity (Wildman–Crippen MR) is 102 cm³/mol. The summed E-state index contributed by atoms with van der Waals surface area (Å²) in [7, 11) is 0. The van der Waals surface area contributed by atoms with Gasteiger partial charge in [0.1, 0.15) is 0 Å². The van der Waals surface area contributed by atoms with Gasteiger partial charge in [0.15, 0.2) is 11.6 Å². The molecule has 0 spiro atoms. The molecule has 4 aliphatic rings. The van der Waals surface area contributed by atoms with Crippen LogP contribution < -0.4 is 0 Å². The molecule has 0 unspecified atom stereocenters. The maximum Gasteiger partial charge on any atom is 0.269 e. The third-order valence-corrected chi connectivity index (χ3v) is 6.37. The summed E-state index contributed by atoms with van der Waals surface area (Å²) in [5, 5.41) is 11.0. The van der Waals surface area contributed by atoms with Crippen LogP contribution in [0.25, 0.3) is 0 Å². The number of nitro benzene ring substituents is 1. The van der Waals surface area contributed by atoms with Crippen LogP contribution in [0.15, 0.2) is 46.8 Å². The van der Waals surface area contributed by atoms with Crippen molar-refractivity contribution in [1.82, 2.24) is 4.90 Å². The Bertz CT molecular complexity index is 909. The minimum atomic E-state index is -0.424. The Morgan fingerprint density at radius 3 is 1.86 bits per heavy atom. The summed E-state index contributed by atoms with van der Waals surface area (Å²) >= 11 is 0. The quantitative estimate of drug-likeness (QED) is 0.582. The van der Waals surface area contributed by atoms with Gasteiger partial charge in [0, 0.05) is 59.5 Å². The van der Waals surface area contributed by atoms with E-state index in [1.807, 2.05) is 0 Å². The van der Waals surface area contributed by atoms with Gasteiger partial charge in [0.05, 0.1) is 4.92 Å². The van der Waals surface area contributed by atoms with Crippen LogP contribution in [0.1, 0.15) is 62.8 Å². The summed E-state index contributed by atoms with van der Waals surface area (Å²) in [6.07, 6.45) is 6.68. The highest BCUT2D eigenvalue weighted by atomic mass is 16.6. The van der Waals surface area contributed by atoms with Gasteiger partial charge in [0.2, 0.25) is 0 Å². The smallest absolute Gasteiger partial charge is 0.269 e. The second kappa shape index (κ2) is 6.40. The Hall–Kier alpha value is -2.76. The molecule has 1 aliphatic heterocycles. The van der Waals surface area contributed by atoms with Crippen LogP contribution in [0, 0.1) is 10.1 Å². The van der Waals surface area contributed by atoms with Gasteiger partial charge in [-0.05, 0) is 44.1 Å². The summed E-state index contributed by atoms with van der Waals surface area (Å²) in [6.45, 7) is 0. The normalized spacial score (nSPS) is 23.1. The van der Waals surface area contributed by atoms with Crippen molar-refractivity contribution in [2.24, 2.45) is 0 Å². The van der Waals surface area contributed by atoms with Crippen molar-refractivity contribution in [1.29, 1.82) is 0 Å². The molecular weight excluding hydrogens is 356 g/mol. The Balaban J connectivity index is 1.71. The fraction of sp³-hybridized carbons (Fsp3) is 0.455. The predicted octanol–water partition coefficient (Wildman–Crippen LogP) is 4.17. The lowest BCUT2D eigenvalue weighted by Crippen LogP contribution is -2.40. The summed E-state index contributed by atoms with van der Waals surface area (Å²) in [5.41, 5.74) is 4.58. The maximum absolute atomic E-state index is 13.0. The molecule has 0 atom stereocenters. The molecule has 1 fully saturated rings. The van der Waals surface area contributed by atoms with E-state index in [1.54, 1.807) is 12.1 Å². The highest BCUT2D eigenvalue weighted by molar-refractivity contribution is 6.06. The molecule has 0 radical (unpaired) electrons. The van der Waals surface area contributed by atoms with E-state index >= 15 is 0 Å². The zero-order valence-electron chi connectivity index (χ0n) is 15.6. The van der Waals surface area contributed by atoms with Gasteiger partial charge in [-0.15, -0.1) is 0 Å². The van der Waals surface area contributed by atoms with Crippen LogP contribution in [0.5, 0.6) is 0 Å². The lowest BCUT2D eigenvalue weighted by Gasteiger charge is -2.44. The van der Waals surface area contributed by atoms with Crippen LogP contribution in [0.2, 0.25) is 0 Å². The molecule has 1 aromatic rings. The first-order valence-electron chi connectivity index (χ1n) is 10.1. The summed E-state index contributed by atoms with van der Waals surface area (Å²) in [5.74, 6) is -0.123. The average Bonchev–Trinajstić information content (AvgIpc) is 3.52. The number of hydrogen-bond donors (Lipinski definition) is 0. The number of allylic oxidation sites excluding steroid dienone is 4. The average molecular weight is 378 g/mol. The molecule has 1 heterocycles. The molecule has 0 N–H and O–H groups in total. The van der Waals surface area contributed by atoms with E-state index in [-0.39, 0.29) is 23.2 Å². The van der Waals surface area contributed by atoms with Crippen molar-refractivity contribution < 1.29 is 14.5 Å². The molecule has 6 heteroatoms. The molecule has 0 bridgehead atoms. The number of benzene rings is 1. The number of ketones is 2. The van der Waals surface area contributed by atoms with Crippen molar-refractivity contribution >= 4 is 17.3 Å². The van der Waals surface area contributed by atoms with Crippen molar-refractivity contribution in [3.05, 3.63) is 62.5 Å². The molecule has 1 saturated carbocycles. The molecule has 0 aromatic heterocycles. The Labute approximate surface area is 163 Å². The lowest BCUT2D eigenvalue weighted by molar-refractivity contribution is -0.384. The van der Waals surface area contributed by atoms with Gasteiger partial charge in [-0.1, -0.05) is 12.1 Å². The van der Waals surface area contributed by atoms with Gasteiger partial charge in [-0.3, -0.25) is 19.7 Å². The van der Waals surface area contributed by atoms with E-state index in [2.05, 4.69) is 4.90 Å². The molecule has 6 nitrogen and oxygen atoms in total. The monoisotopic (exact) mass is 378 g/mol. The van der Waals surface area contributed by atoms with Gasteiger partial charge in [-0.2, -0.15) is 0 Å². The number of carbonyl (C=O) groups excluding carboxylic acids is 2. The Kier molecular flexibility index (Phi) is 3.96. The number of hydrogen-bond acceptors (Lipinski definition) is 5. The second-order valence-electron chi connectivity index (χ2n) is 8.16. The maximum atomic E-state index is 13.0. The lowest BCUT2D eigenvalue weighted by atomic mass is 9.71. The first-order chi connectivity index (χ1) is 13.6. The van der Waals surface area contributed by atoms with Crippen LogP contribution in [0.3, 0.4) is 0 Å². The largest absolute Gasteiger partial charge is 0.345 e. The van der Waals surface area contributed by atoms with E-state index in [1.165, 1.54) is 12.1 Å². The van der Waals surface area contributed by atoms with Gasteiger partial charge < -0.3 is 4.90 Å². The van der Waals surface area contributed by atoms with E-state index < -0.39 is 4.92 Å². The molecule has 144 valence electrons. The number of rotatable bonds is 3. The third-order valence-electron chi connectivity index (χ3n) is 6.37. The van der Waals surface area contributed by atoms with Crippen molar-refractivity contribution in [2.75, 3.05) is 0 Å². The van der Waals surface area contributed by atoms with E-state index in [0.29, 0.717) is 18.9 Å². The fourth-order valence-electron chi connectivity index (χ4n) is 5.05. The topological polar surface area (TPSA) is 80.5 Å². The van der Waals surface area contributed by atoms with E-state index in [4.69, 9.17) is 0 Å². The summed E-state index contributed by atoms with van der Waals surface area (Å²) in [6, 6.07) is 6.81. The standard InChI is InChI=1S/C22H22N2O4/c25-18-5-1-3-16-21(18)20(13-7-9-15(10-8-13)24(27)28)22-17(4-2-6-19(22)26)23(16)14-11-12-14/h7-10,14,20H,1-6,11-12H2. The third kappa shape index (κ3) is 2.62. The highest BCUT2D eigenvalue weighted by Crippen LogP contribution is 2.52. The van der Waals surface area contributed by atoms with Crippen LogP contribution >= 0.6 is 0 Å². The van der Waals surface area contributed by atoms with Crippen molar-refractivity contribution in [2.45, 2.75) is 63.3 Å². The first kappa shape index (κ1) is 17.3. The SMILES string of the molecule is O=C1CCCC2=C1C(c1ccc([N+](=O)[O-])cc1)C1=C(CCCC1=O)N2C1CC1. The number of carbonyl (C=O) groups is 2. The zero-order chi connectivity index (χ0) is 19.4. The van der Waals surface area contributed by atoms with Gasteiger partial charge in [-0.25, -0.2) is 0 Å². The van der Waals surface area contributed by atoms with Crippen molar-refractivity contribution in [3.63, 3.8) is 0 Å². The number of nitrogens with zero attached hydrogens (tertiary/aromatic N) is 2. The molecule has 3 aliphatic carbocycles. The molecule has 0 amide bonds. The molecule has 5 rings (SSSR count). The Morgan fingerprint density at radius 2 is 1.39 bits per heavy atom. The van der Waals surface area contributed by atoms with Crippen LogP contribution in [-0.2, 0) is 9.59 Å². The molecular formula is C22H22N2O4. The minimum absolute atomic E-state index is 0.0208. The van der Waals surface area contributed by atoms with Crippen molar-refractivity contribution in [3.8, 4) is 0 Å². The highest BCUT2D eigenvalue weighted by Gasteiger charge is 2.46. The molecule has 1 aromatic carbocycles. The first-order valence-corrected chi connectivity index (χ1v) is 10.1. The van der Waals surface area contributed by atoms with E-state index in [0.717, 1.165) is 66.6 Å². The fourth-order valence-corrected chi connectivity index (χ4v) is 5.05. The zero-order valence-corrected chi connectivity index (χ0v) is 15.6. The van der Waals surface area contributed by atoms with Gasteiger partial charge in [0.25, 0.3) is 5.69 Å². The summed E-state index contributed by atoms with van der Waals surface area (Å²) < 4.78 is 0. The van der Waals surface area contributed by atoms with Gasteiger partial charge >= 0.3 is 0 Å². The second-order valence-corrected chi connectivity index (χ2v) is 8.16. The molecule has 0 saturated heterocycles. The van der Waals surface area contributed by atoms with Crippen LogP contribution in [0.4, 0.5) is 5.69 Å². The summed E-state index contributed by atoms with van der Waals surface area (Å²) in [4.78, 5) is 39.0.